The Kier molecular flexibility index (Phi) is 3.28. The number of carbonyl (C=O) groups excluding carboxylic acids is 1. The summed E-state index contributed by atoms with van der Waals surface area (Å²) < 4.78 is 13.1. The van der Waals surface area contributed by atoms with E-state index in [1.54, 1.807) is 0 Å². The fourth-order valence-corrected chi connectivity index (χ4v) is 2.04. The minimum atomic E-state index is -0.382. The van der Waals surface area contributed by atoms with E-state index < -0.39 is 0 Å². The SMILES string of the molecule is CC(NC1CNC(=O)C1)c1cc(F)ccc1O. The van der Waals surface area contributed by atoms with Crippen molar-refractivity contribution in [3.63, 3.8) is 0 Å². The molecule has 2 unspecified atom stereocenters. The number of halogens is 1. The molecule has 0 bridgehead atoms. The number of phenolic OH excluding ortho intramolecular Hbond substituents is 1. The molecule has 1 saturated heterocycles. The van der Waals surface area contributed by atoms with Crippen molar-refractivity contribution in [2.75, 3.05) is 6.54 Å². The normalized spacial score (nSPS) is 21.3. The van der Waals surface area contributed by atoms with Crippen LogP contribution in [-0.2, 0) is 4.79 Å². The zero-order valence-corrected chi connectivity index (χ0v) is 9.53. The van der Waals surface area contributed by atoms with Crippen LogP contribution in [0.1, 0.15) is 24.9 Å². The Bertz CT molecular complexity index is 437. The Labute approximate surface area is 98.8 Å². The Morgan fingerprint density at radius 1 is 1.59 bits per heavy atom. The Hall–Kier alpha value is -1.62. The Balaban J connectivity index is 2.06. The molecule has 0 aromatic heterocycles. The lowest BCUT2D eigenvalue weighted by molar-refractivity contribution is -0.119. The van der Waals surface area contributed by atoms with E-state index in [0.29, 0.717) is 18.5 Å². The topological polar surface area (TPSA) is 61.4 Å². The van der Waals surface area contributed by atoms with Crippen molar-refractivity contribution in [1.29, 1.82) is 0 Å². The predicted molar refractivity (Wildman–Crippen MR) is 61.0 cm³/mol. The third kappa shape index (κ3) is 2.74. The molecule has 0 saturated carbocycles. The number of carbonyl (C=O) groups is 1. The zero-order chi connectivity index (χ0) is 12.4. The highest BCUT2D eigenvalue weighted by Crippen LogP contribution is 2.25. The lowest BCUT2D eigenvalue weighted by Crippen LogP contribution is -2.33. The molecule has 17 heavy (non-hydrogen) atoms. The van der Waals surface area contributed by atoms with Gasteiger partial charge in [-0.15, -0.1) is 0 Å². The van der Waals surface area contributed by atoms with Crippen molar-refractivity contribution in [1.82, 2.24) is 10.6 Å². The fourth-order valence-electron chi connectivity index (χ4n) is 2.04. The molecule has 0 aliphatic carbocycles. The maximum atomic E-state index is 13.1. The minimum absolute atomic E-state index is 0.0122. The number of phenols is 1. The number of nitrogens with one attached hydrogen (secondary N) is 2. The number of hydrogen-bond acceptors (Lipinski definition) is 3. The van der Waals surface area contributed by atoms with E-state index in [1.165, 1.54) is 18.2 Å². The second kappa shape index (κ2) is 4.71. The van der Waals surface area contributed by atoms with Gasteiger partial charge in [-0.3, -0.25) is 4.79 Å². The molecule has 5 heteroatoms. The first-order chi connectivity index (χ1) is 8.06. The monoisotopic (exact) mass is 238 g/mol. The molecule has 2 rings (SSSR count). The second-order valence-corrected chi connectivity index (χ2v) is 4.30. The van der Waals surface area contributed by atoms with E-state index >= 15 is 0 Å². The van der Waals surface area contributed by atoms with Crippen LogP contribution < -0.4 is 10.6 Å². The maximum Gasteiger partial charge on any atom is 0.221 e. The van der Waals surface area contributed by atoms with E-state index in [9.17, 15) is 14.3 Å². The van der Waals surface area contributed by atoms with Crippen molar-refractivity contribution in [3.05, 3.63) is 29.6 Å². The van der Waals surface area contributed by atoms with Crippen LogP contribution in [-0.4, -0.2) is 23.6 Å². The van der Waals surface area contributed by atoms with Gasteiger partial charge in [-0.2, -0.15) is 0 Å². The summed E-state index contributed by atoms with van der Waals surface area (Å²) in [6.07, 6.45) is 0.417. The molecule has 1 aliphatic heterocycles. The number of rotatable bonds is 3. The first kappa shape index (κ1) is 11.9. The molecule has 1 fully saturated rings. The average Bonchev–Trinajstić information content (AvgIpc) is 2.67. The maximum absolute atomic E-state index is 13.1. The Morgan fingerprint density at radius 2 is 2.35 bits per heavy atom. The minimum Gasteiger partial charge on any atom is -0.508 e. The molecule has 3 N–H and O–H groups in total. The van der Waals surface area contributed by atoms with Gasteiger partial charge in [-0.1, -0.05) is 0 Å². The van der Waals surface area contributed by atoms with Crippen LogP contribution in [0.3, 0.4) is 0 Å². The lowest BCUT2D eigenvalue weighted by atomic mass is 10.1. The van der Waals surface area contributed by atoms with E-state index in [4.69, 9.17) is 0 Å². The summed E-state index contributed by atoms with van der Waals surface area (Å²) in [5, 5.41) is 15.5. The van der Waals surface area contributed by atoms with Crippen LogP contribution in [0.4, 0.5) is 4.39 Å². The molecular weight excluding hydrogens is 223 g/mol. The van der Waals surface area contributed by atoms with Gasteiger partial charge in [0.1, 0.15) is 11.6 Å². The third-order valence-electron chi connectivity index (χ3n) is 2.92. The summed E-state index contributed by atoms with van der Waals surface area (Å²) in [5.74, 6) is -0.311. The van der Waals surface area contributed by atoms with Crippen LogP contribution >= 0.6 is 0 Å². The molecule has 1 amide bonds. The number of benzene rings is 1. The molecule has 0 radical (unpaired) electrons. The molecule has 1 aromatic rings. The zero-order valence-electron chi connectivity index (χ0n) is 9.53. The third-order valence-corrected chi connectivity index (χ3v) is 2.92. The van der Waals surface area contributed by atoms with Crippen LogP contribution in [0.5, 0.6) is 5.75 Å². The molecule has 1 heterocycles. The van der Waals surface area contributed by atoms with Gasteiger partial charge in [0.2, 0.25) is 5.91 Å². The quantitative estimate of drug-likeness (QED) is 0.738. The van der Waals surface area contributed by atoms with Crippen LogP contribution in [0, 0.1) is 5.82 Å². The average molecular weight is 238 g/mol. The van der Waals surface area contributed by atoms with Crippen LogP contribution in [0.15, 0.2) is 18.2 Å². The van der Waals surface area contributed by atoms with Gasteiger partial charge < -0.3 is 15.7 Å². The van der Waals surface area contributed by atoms with Crippen molar-refractivity contribution in [2.24, 2.45) is 0 Å². The van der Waals surface area contributed by atoms with Gasteiger partial charge in [0.15, 0.2) is 0 Å². The smallest absolute Gasteiger partial charge is 0.221 e. The Morgan fingerprint density at radius 3 is 3.00 bits per heavy atom. The molecule has 4 nitrogen and oxygen atoms in total. The fraction of sp³-hybridized carbons (Fsp3) is 0.417. The van der Waals surface area contributed by atoms with Crippen molar-refractivity contribution < 1.29 is 14.3 Å². The highest BCUT2D eigenvalue weighted by molar-refractivity contribution is 5.78. The van der Waals surface area contributed by atoms with Gasteiger partial charge >= 0.3 is 0 Å². The van der Waals surface area contributed by atoms with E-state index in [1.807, 2.05) is 6.92 Å². The highest BCUT2D eigenvalue weighted by Gasteiger charge is 2.23. The van der Waals surface area contributed by atoms with Gasteiger partial charge in [0.25, 0.3) is 0 Å². The summed E-state index contributed by atoms with van der Waals surface area (Å²) in [4.78, 5) is 11.0. The predicted octanol–water partition coefficient (Wildman–Crippen LogP) is 1.07. The molecule has 0 spiro atoms. The second-order valence-electron chi connectivity index (χ2n) is 4.30. The summed E-state index contributed by atoms with van der Waals surface area (Å²) in [6, 6.07) is 3.67. The summed E-state index contributed by atoms with van der Waals surface area (Å²) >= 11 is 0. The van der Waals surface area contributed by atoms with Crippen molar-refractivity contribution >= 4 is 5.91 Å². The molecule has 1 aliphatic rings. The number of aromatic hydroxyl groups is 1. The summed E-state index contributed by atoms with van der Waals surface area (Å²) in [6.45, 7) is 2.40. The van der Waals surface area contributed by atoms with Crippen LogP contribution in [0.2, 0.25) is 0 Å². The van der Waals surface area contributed by atoms with Gasteiger partial charge in [-0.25, -0.2) is 4.39 Å². The molecule has 1 aromatic carbocycles. The van der Waals surface area contributed by atoms with E-state index in [2.05, 4.69) is 10.6 Å². The number of amides is 1. The van der Waals surface area contributed by atoms with E-state index in [0.717, 1.165) is 0 Å². The molecular formula is C12H15FN2O2. The highest BCUT2D eigenvalue weighted by atomic mass is 19.1. The first-order valence-corrected chi connectivity index (χ1v) is 5.57. The van der Waals surface area contributed by atoms with Crippen molar-refractivity contribution in [3.8, 4) is 5.75 Å². The summed E-state index contributed by atoms with van der Waals surface area (Å²) in [5.41, 5.74) is 0.504. The molecule has 2 atom stereocenters. The van der Waals surface area contributed by atoms with Crippen LogP contribution in [0.25, 0.3) is 0 Å². The van der Waals surface area contributed by atoms with Gasteiger partial charge in [0, 0.05) is 30.6 Å². The first-order valence-electron chi connectivity index (χ1n) is 5.57. The van der Waals surface area contributed by atoms with Crippen molar-refractivity contribution in [2.45, 2.75) is 25.4 Å². The van der Waals surface area contributed by atoms with Gasteiger partial charge in [0.05, 0.1) is 0 Å². The lowest BCUT2D eigenvalue weighted by Gasteiger charge is -2.19. The molecule has 92 valence electrons. The standard InChI is InChI=1S/C12H15FN2O2/c1-7(15-9-5-12(17)14-6-9)10-4-8(13)2-3-11(10)16/h2-4,7,9,15-16H,5-6H2,1H3,(H,14,17). The summed E-state index contributed by atoms with van der Waals surface area (Å²) in [7, 11) is 0. The number of hydrogen-bond donors (Lipinski definition) is 3. The largest absolute Gasteiger partial charge is 0.508 e. The van der Waals surface area contributed by atoms with Gasteiger partial charge in [-0.05, 0) is 25.1 Å². The van der Waals surface area contributed by atoms with E-state index in [-0.39, 0.29) is 29.6 Å².